The van der Waals surface area contributed by atoms with Gasteiger partial charge in [0.15, 0.2) is 11.5 Å². The van der Waals surface area contributed by atoms with Crippen LogP contribution in [-0.2, 0) is 4.79 Å². The highest BCUT2D eigenvalue weighted by Crippen LogP contribution is 2.34. The summed E-state index contributed by atoms with van der Waals surface area (Å²) in [6.07, 6.45) is 0. The molecule has 0 aromatic heterocycles. The van der Waals surface area contributed by atoms with Crippen LogP contribution in [0.4, 0.5) is 10.5 Å². The summed E-state index contributed by atoms with van der Waals surface area (Å²) in [6.45, 7) is 1.68. The number of anilines is 1. The fraction of sp³-hybridized carbons (Fsp3) is 0.200. The Labute approximate surface area is 167 Å². The van der Waals surface area contributed by atoms with E-state index < -0.39 is 6.04 Å². The first-order chi connectivity index (χ1) is 13.4. The van der Waals surface area contributed by atoms with Crippen LogP contribution in [0.1, 0.15) is 18.5 Å². The van der Waals surface area contributed by atoms with Crippen molar-refractivity contribution in [2.45, 2.75) is 13.0 Å². The lowest BCUT2D eigenvalue weighted by Crippen LogP contribution is -2.45. The van der Waals surface area contributed by atoms with Gasteiger partial charge in [-0.1, -0.05) is 17.7 Å². The van der Waals surface area contributed by atoms with Crippen LogP contribution in [0.15, 0.2) is 53.7 Å². The first-order valence-electron chi connectivity index (χ1n) is 8.50. The zero-order valence-electron chi connectivity index (χ0n) is 15.6. The third-order valence-electron chi connectivity index (χ3n) is 4.36. The Kier molecular flexibility index (Phi) is 5.75. The van der Waals surface area contributed by atoms with E-state index >= 15 is 0 Å². The van der Waals surface area contributed by atoms with E-state index in [-0.39, 0.29) is 11.9 Å². The molecule has 0 fully saturated rings. The summed E-state index contributed by atoms with van der Waals surface area (Å²) in [7, 11) is 3.07. The lowest BCUT2D eigenvalue weighted by Gasteiger charge is -2.29. The molecule has 0 radical (unpaired) electrons. The second-order valence-electron chi connectivity index (χ2n) is 6.15. The molecule has 7 nitrogen and oxygen atoms in total. The van der Waals surface area contributed by atoms with Gasteiger partial charge in [0.25, 0.3) is 5.91 Å². The molecule has 146 valence electrons. The molecule has 0 saturated heterocycles. The third-order valence-corrected chi connectivity index (χ3v) is 4.61. The average Bonchev–Trinajstić information content (AvgIpc) is 2.68. The number of amides is 3. The zero-order valence-corrected chi connectivity index (χ0v) is 16.4. The Morgan fingerprint density at radius 3 is 2.39 bits per heavy atom. The predicted molar refractivity (Wildman–Crippen MR) is 107 cm³/mol. The van der Waals surface area contributed by atoms with E-state index in [1.54, 1.807) is 56.5 Å². The monoisotopic (exact) mass is 401 g/mol. The van der Waals surface area contributed by atoms with Crippen LogP contribution in [0.2, 0.25) is 5.02 Å². The minimum atomic E-state index is -0.652. The SMILES string of the molecule is COc1ccc([C@@H]2NC(=O)NC(C)=C2C(=O)Nc2ccc(Cl)cc2)cc1OC. The van der Waals surface area contributed by atoms with Crippen molar-refractivity contribution in [3.63, 3.8) is 0 Å². The number of allylic oxidation sites excluding steroid dienone is 1. The fourth-order valence-electron chi connectivity index (χ4n) is 3.01. The topological polar surface area (TPSA) is 88.7 Å². The molecule has 3 amide bonds. The second-order valence-corrected chi connectivity index (χ2v) is 6.58. The quantitative estimate of drug-likeness (QED) is 0.713. The summed E-state index contributed by atoms with van der Waals surface area (Å²) < 4.78 is 10.6. The molecule has 0 spiro atoms. The normalized spacial score (nSPS) is 16.1. The number of rotatable bonds is 5. The van der Waals surface area contributed by atoms with Gasteiger partial charge in [-0.25, -0.2) is 4.79 Å². The highest BCUT2D eigenvalue weighted by molar-refractivity contribution is 6.30. The van der Waals surface area contributed by atoms with E-state index in [0.717, 1.165) is 0 Å². The number of hydrogen-bond acceptors (Lipinski definition) is 4. The highest BCUT2D eigenvalue weighted by atomic mass is 35.5. The van der Waals surface area contributed by atoms with Gasteiger partial charge in [-0.15, -0.1) is 0 Å². The standard InChI is InChI=1S/C20H20ClN3O4/c1-11-17(19(25)23-14-7-5-13(21)6-8-14)18(24-20(26)22-11)12-4-9-15(27-2)16(10-12)28-3/h4-10,18H,1-3H3,(H,23,25)(H2,22,24,26)/t18-/m0/s1. The van der Waals surface area contributed by atoms with E-state index in [1.807, 2.05) is 0 Å². The molecule has 8 heteroatoms. The number of benzene rings is 2. The molecule has 1 atom stereocenters. The molecule has 0 bridgehead atoms. The Bertz CT molecular complexity index is 941. The van der Waals surface area contributed by atoms with Gasteiger partial charge in [-0.3, -0.25) is 4.79 Å². The van der Waals surface area contributed by atoms with Crippen molar-refractivity contribution >= 4 is 29.2 Å². The Morgan fingerprint density at radius 1 is 1.07 bits per heavy atom. The Hall–Kier alpha value is -3.19. The lowest BCUT2D eigenvalue weighted by atomic mass is 9.94. The van der Waals surface area contributed by atoms with Gasteiger partial charge in [0.05, 0.1) is 25.8 Å². The fourth-order valence-corrected chi connectivity index (χ4v) is 3.13. The molecule has 1 heterocycles. The number of nitrogens with one attached hydrogen (secondary N) is 3. The molecule has 28 heavy (non-hydrogen) atoms. The molecule has 3 rings (SSSR count). The molecule has 3 N–H and O–H groups in total. The van der Waals surface area contributed by atoms with Crippen molar-refractivity contribution in [1.29, 1.82) is 0 Å². The molecule has 1 aliphatic heterocycles. The number of urea groups is 1. The number of hydrogen-bond donors (Lipinski definition) is 3. The number of ether oxygens (including phenoxy) is 2. The number of carbonyl (C=O) groups is 2. The highest BCUT2D eigenvalue weighted by Gasteiger charge is 2.31. The van der Waals surface area contributed by atoms with Crippen LogP contribution < -0.4 is 25.4 Å². The van der Waals surface area contributed by atoms with E-state index in [0.29, 0.717) is 39.0 Å². The number of carbonyl (C=O) groups excluding carboxylic acids is 2. The predicted octanol–water partition coefficient (Wildman–Crippen LogP) is 3.62. The van der Waals surface area contributed by atoms with E-state index in [1.165, 1.54) is 7.11 Å². The van der Waals surface area contributed by atoms with Gasteiger partial charge < -0.3 is 25.4 Å². The average molecular weight is 402 g/mol. The number of methoxy groups -OCH3 is 2. The van der Waals surface area contributed by atoms with Gasteiger partial charge in [0, 0.05) is 16.4 Å². The smallest absolute Gasteiger partial charge is 0.319 e. The van der Waals surface area contributed by atoms with Crippen molar-refractivity contribution < 1.29 is 19.1 Å². The van der Waals surface area contributed by atoms with Crippen LogP contribution in [0, 0.1) is 0 Å². The van der Waals surface area contributed by atoms with E-state index in [2.05, 4.69) is 16.0 Å². The minimum absolute atomic E-state index is 0.341. The maximum Gasteiger partial charge on any atom is 0.319 e. The zero-order chi connectivity index (χ0) is 20.3. The summed E-state index contributed by atoms with van der Waals surface area (Å²) in [5, 5.41) is 8.84. The van der Waals surface area contributed by atoms with Crippen molar-refractivity contribution in [1.82, 2.24) is 10.6 Å². The molecular weight excluding hydrogens is 382 g/mol. The second kappa shape index (κ2) is 8.22. The maximum atomic E-state index is 13.0. The van der Waals surface area contributed by atoms with Crippen LogP contribution in [0.3, 0.4) is 0 Å². The van der Waals surface area contributed by atoms with Gasteiger partial charge in [-0.2, -0.15) is 0 Å². The number of halogens is 1. The summed E-state index contributed by atoms with van der Waals surface area (Å²) in [6, 6.07) is 11.0. The van der Waals surface area contributed by atoms with Gasteiger partial charge in [-0.05, 0) is 48.9 Å². The third kappa shape index (κ3) is 4.04. The van der Waals surface area contributed by atoms with Gasteiger partial charge in [0.2, 0.25) is 0 Å². The van der Waals surface area contributed by atoms with Crippen LogP contribution in [0.5, 0.6) is 11.5 Å². The first-order valence-corrected chi connectivity index (χ1v) is 8.88. The van der Waals surface area contributed by atoms with Gasteiger partial charge in [0.1, 0.15) is 0 Å². The molecule has 2 aromatic rings. The van der Waals surface area contributed by atoms with Crippen LogP contribution in [0.25, 0.3) is 0 Å². The Balaban J connectivity index is 1.96. The molecule has 0 aliphatic carbocycles. The summed E-state index contributed by atoms with van der Waals surface area (Å²) in [4.78, 5) is 25.0. The van der Waals surface area contributed by atoms with E-state index in [9.17, 15) is 9.59 Å². The summed E-state index contributed by atoms with van der Waals surface area (Å²) in [5.41, 5.74) is 2.14. The lowest BCUT2D eigenvalue weighted by molar-refractivity contribution is -0.113. The van der Waals surface area contributed by atoms with Crippen molar-refractivity contribution in [2.24, 2.45) is 0 Å². The van der Waals surface area contributed by atoms with Crippen molar-refractivity contribution in [3.8, 4) is 11.5 Å². The molecule has 0 unspecified atom stereocenters. The summed E-state index contributed by atoms with van der Waals surface area (Å²) >= 11 is 5.89. The van der Waals surface area contributed by atoms with E-state index in [4.69, 9.17) is 21.1 Å². The Morgan fingerprint density at radius 2 is 1.75 bits per heavy atom. The molecule has 0 saturated carbocycles. The van der Waals surface area contributed by atoms with Crippen molar-refractivity contribution in [3.05, 3.63) is 64.3 Å². The maximum absolute atomic E-state index is 13.0. The minimum Gasteiger partial charge on any atom is -0.493 e. The summed E-state index contributed by atoms with van der Waals surface area (Å²) in [5.74, 6) is 0.717. The first kappa shape index (κ1) is 19.6. The van der Waals surface area contributed by atoms with Crippen molar-refractivity contribution in [2.75, 3.05) is 19.5 Å². The van der Waals surface area contributed by atoms with Gasteiger partial charge >= 0.3 is 6.03 Å². The largest absolute Gasteiger partial charge is 0.493 e. The molecule has 2 aromatic carbocycles. The molecule has 1 aliphatic rings. The van der Waals surface area contributed by atoms with Crippen LogP contribution in [-0.4, -0.2) is 26.2 Å². The van der Waals surface area contributed by atoms with Crippen LogP contribution >= 0.6 is 11.6 Å². The molecular formula is C20H20ClN3O4.